The van der Waals surface area contributed by atoms with Gasteiger partial charge >= 0.3 is 5.97 Å². The van der Waals surface area contributed by atoms with Crippen molar-refractivity contribution < 1.29 is 14.3 Å². The Hall–Kier alpha value is -1.32. The summed E-state index contributed by atoms with van der Waals surface area (Å²) in [6.07, 6.45) is 0. The normalized spacial score (nSPS) is 12.1. The van der Waals surface area contributed by atoms with Gasteiger partial charge in [-0.1, -0.05) is 20.4 Å². The van der Waals surface area contributed by atoms with Gasteiger partial charge < -0.3 is 9.64 Å². The molecule has 0 fully saturated rings. The van der Waals surface area contributed by atoms with Crippen molar-refractivity contribution in [3.05, 3.63) is 12.3 Å². The molecule has 1 amide bonds. The van der Waals surface area contributed by atoms with E-state index in [4.69, 9.17) is 4.74 Å². The highest BCUT2D eigenvalue weighted by Gasteiger charge is 2.30. The second-order valence-corrected chi connectivity index (χ2v) is 4.23. The molecule has 0 aliphatic heterocycles. The van der Waals surface area contributed by atoms with Gasteiger partial charge in [0.25, 0.3) is 0 Å². The predicted octanol–water partition coefficient (Wildman–Crippen LogP) is 2.20. The van der Waals surface area contributed by atoms with Crippen molar-refractivity contribution in [3.8, 4) is 0 Å². The molecule has 0 N–H and O–H groups in total. The highest BCUT2D eigenvalue weighted by molar-refractivity contribution is 5.80. The lowest BCUT2D eigenvalue weighted by molar-refractivity contribution is -0.149. The van der Waals surface area contributed by atoms with E-state index < -0.39 is 5.92 Å². The predicted molar refractivity (Wildman–Crippen MR) is 67.2 cm³/mol. The molecule has 0 rings (SSSR count). The van der Waals surface area contributed by atoms with Gasteiger partial charge in [-0.15, -0.1) is 0 Å². The number of amides is 1. The fourth-order valence-electron chi connectivity index (χ4n) is 1.82. The molecule has 0 spiro atoms. The Morgan fingerprint density at radius 2 is 1.82 bits per heavy atom. The van der Waals surface area contributed by atoms with Gasteiger partial charge in [0.15, 0.2) is 0 Å². The van der Waals surface area contributed by atoms with Gasteiger partial charge in [-0.3, -0.25) is 9.59 Å². The van der Waals surface area contributed by atoms with Crippen molar-refractivity contribution in [2.24, 2.45) is 11.8 Å². The van der Waals surface area contributed by atoms with Gasteiger partial charge in [-0.2, -0.15) is 0 Å². The molecule has 0 saturated heterocycles. The third-order valence-electron chi connectivity index (χ3n) is 2.61. The Labute approximate surface area is 104 Å². The molecule has 0 aromatic carbocycles. The molecular weight excluding hydrogens is 218 g/mol. The van der Waals surface area contributed by atoms with E-state index in [0.717, 1.165) is 0 Å². The summed E-state index contributed by atoms with van der Waals surface area (Å²) in [6.45, 7) is 13.6. The summed E-state index contributed by atoms with van der Waals surface area (Å²) in [5.41, 5.74) is 0.522. The van der Waals surface area contributed by atoms with E-state index >= 15 is 0 Å². The first kappa shape index (κ1) is 15.7. The number of carbonyl (C=O) groups excluding carboxylic acids is 2. The number of nitrogens with zero attached hydrogens (tertiary/aromatic N) is 1. The molecule has 4 nitrogen and oxygen atoms in total. The average Bonchev–Trinajstić information content (AvgIpc) is 2.17. The minimum Gasteiger partial charge on any atom is -0.465 e. The molecule has 4 heteroatoms. The van der Waals surface area contributed by atoms with Crippen LogP contribution in [0, 0.1) is 11.8 Å². The molecule has 0 aliphatic rings. The van der Waals surface area contributed by atoms with Crippen LogP contribution in [0.3, 0.4) is 0 Å². The third-order valence-corrected chi connectivity index (χ3v) is 2.61. The molecule has 0 radical (unpaired) electrons. The van der Waals surface area contributed by atoms with E-state index in [1.54, 1.807) is 6.92 Å². The lowest BCUT2D eigenvalue weighted by atomic mass is 9.92. The minimum atomic E-state index is -0.459. The zero-order chi connectivity index (χ0) is 13.6. The van der Waals surface area contributed by atoms with Crippen molar-refractivity contribution >= 4 is 11.9 Å². The highest BCUT2D eigenvalue weighted by atomic mass is 16.5. The van der Waals surface area contributed by atoms with Crippen LogP contribution in [0.2, 0.25) is 0 Å². The summed E-state index contributed by atoms with van der Waals surface area (Å²) in [4.78, 5) is 24.8. The Kier molecular flexibility index (Phi) is 6.54. The molecular formula is C13H23NO3. The fourth-order valence-corrected chi connectivity index (χ4v) is 1.82. The highest BCUT2D eigenvalue weighted by Crippen LogP contribution is 2.24. The van der Waals surface area contributed by atoms with Crippen LogP contribution >= 0.6 is 0 Å². The third kappa shape index (κ3) is 4.21. The summed E-state index contributed by atoms with van der Waals surface area (Å²) < 4.78 is 5.02. The van der Waals surface area contributed by atoms with Crippen molar-refractivity contribution in [1.82, 2.24) is 4.90 Å². The molecule has 1 atom stereocenters. The first-order valence-electron chi connectivity index (χ1n) is 6.00. The van der Waals surface area contributed by atoms with E-state index in [1.165, 1.54) is 11.8 Å². The molecule has 17 heavy (non-hydrogen) atoms. The number of rotatable bonds is 6. The van der Waals surface area contributed by atoms with Gasteiger partial charge in [-0.05, 0) is 19.8 Å². The van der Waals surface area contributed by atoms with Crippen LogP contribution in [-0.4, -0.2) is 29.9 Å². The summed E-state index contributed by atoms with van der Waals surface area (Å²) in [5.74, 6) is -0.826. The summed E-state index contributed by atoms with van der Waals surface area (Å²) in [7, 11) is 0. The van der Waals surface area contributed by atoms with E-state index in [-0.39, 0.29) is 17.8 Å². The van der Waals surface area contributed by atoms with Crippen molar-refractivity contribution in [2.75, 3.05) is 13.2 Å². The van der Waals surface area contributed by atoms with Crippen LogP contribution in [0.5, 0.6) is 0 Å². The Morgan fingerprint density at radius 3 is 2.12 bits per heavy atom. The quantitative estimate of drug-likeness (QED) is 0.670. The molecule has 0 heterocycles. The Bertz CT molecular complexity index is 297. The van der Waals surface area contributed by atoms with Crippen molar-refractivity contribution in [1.29, 1.82) is 0 Å². The Morgan fingerprint density at radius 1 is 1.29 bits per heavy atom. The molecule has 0 saturated carbocycles. The minimum absolute atomic E-state index is 0.0509. The fraction of sp³-hybridized carbons (Fsp3) is 0.692. The largest absolute Gasteiger partial charge is 0.465 e. The second kappa shape index (κ2) is 7.09. The standard InChI is InChI=1S/C13H23NO3/c1-7-14(11(6)15)10(5)12(9(3)4)13(16)17-8-2/h9,12H,5,7-8H2,1-4,6H3. The monoisotopic (exact) mass is 241 g/mol. The van der Waals surface area contributed by atoms with Crippen molar-refractivity contribution in [3.63, 3.8) is 0 Å². The summed E-state index contributed by atoms with van der Waals surface area (Å²) in [6, 6.07) is 0. The number of hydrogen-bond donors (Lipinski definition) is 0. The van der Waals surface area contributed by atoms with Gasteiger partial charge in [-0.25, -0.2) is 0 Å². The zero-order valence-electron chi connectivity index (χ0n) is 11.4. The van der Waals surface area contributed by atoms with E-state index in [0.29, 0.717) is 18.8 Å². The molecule has 0 aromatic heterocycles. The lowest BCUT2D eigenvalue weighted by Gasteiger charge is -2.29. The van der Waals surface area contributed by atoms with Gasteiger partial charge in [0.1, 0.15) is 0 Å². The van der Waals surface area contributed by atoms with Crippen molar-refractivity contribution in [2.45, 2.75) is 34.6 Å². The smallest absolute Gasteiger partial charge is 0.315 e. The van der Waals surface area contributed by atoms with Crippen LogP contribution in [0.1, 0.15) is 34.6 Å². The van der Waals surface area contributed by atoms with Crippen LogP contribution in [0.4, 0.5) is 0 Å². The number of esters is 1. The number of hydrogen-bond acceptors (Lipinski definition) is 3. The maximum Gasteiger partial charge on any atom is 0.315 e. The van der Waals surface area contributed by atoms with Gasteiger partial charge in [0.05, 0.1) is 12.5 Å². The van der Waals surface area contributed by atoms with E-state index in [9.17, 15) is 9.59 Å². The summed E-state index contributed by atoms with van der Waals surface area (Å²) in [5, 5.41) is 0. The molecule has 1 unspecified atom stereocenters. The number of ether oxygens (including phenoxy) is 1. The van der Waals surface area contributed by atoms with E-state index in [1.807, 2.05) is 20.8 Å². The maximum atomic E-state index is 11.8. The first-order valence-corrected chi connectivity index (χ1v) is 6.00. The molecule has 98 valence electrons. The van der Waals surface area contributed by atoms with Crippen LogP contribution < -0.4 is 0 Å². The average molecular weight is 241 g/mol. The maximum absolute atomic E-state index is 11.8. The molecule has 0 aromatic rings. The van der Waals surface area contributed by atoms with Crippen LogP contribution in [-0.2, 0) is 14.3 Å². The molecule has 0 bridgehead atoms. The van der Waals surface area contributed by atoms with Gasteiger partial charge in [0, 0.05) is 19.2 Å². The van der Waals surface area contributed by atoms with Crippen LogP contribution in [0.25, 0.3) is 0 Å². The summed E-state index contributed by atoms with van der Waals surface area (Å²) >= 11 is 0. The SMILES string of the molecule is C=C(C(C(=O)OCC)C(C)C)N(CC)C(C)=O. The van der Waals surface area contributed by atoms with Gasteiger partial charge in [0.2, 0.25) is 5.91 Å². The first-order chi connectivity index (χ1) is 7.86. The number of carbonyl (C=O) groups is 2. The topological polar surface area (TPSA) is 46.6 Å². The van der Waals surface area contributed by atoms with Crippen LogP contribution in [0.15, 0.2) is 12.3 Å². The second-order valence-electron chi connectivity index (χ2n) is 4.23. The molecule has 0 aliphatic carbocycles. The Balaban J connectivity index is 5.00. The van der Waals surface area contributed by atoms with E-state index in [2.05, 4.69) is 6.58 Å². The zero-order valence-corrected chi connectivity index (χ0v) is 11.4. The lowest BCUT2D eigenvalue weighted by Crippen LogP contribution is -2.36.